The molecule has 2 aliphatic heterocycles. The van der Waals surface area contributed by atoms with Crippen molar-refractivity contribution in [2.75, 3.05) is 64.9 Å². The van der Waals surface area contributed by atoms with E-state index in [2.05, 4.69) is 10.2 Å². The Hall–Kier alpha value is -0.750. The molecule has 2 saturated heterocycles. The molecule has 0 bridgehead atoms. The van der Waals surface area contributed by atoms with Crippen LogP contribution in [-0.2, 0) is 24.8 Å². The summed E-state index contributed by atoms with van der Waals surface area (Å²) >= 11 is 0. The molecule has 0 spiro atoms. The molecule has 0 unspecified atom stereocenters. The van der Waals surface area contributed by atoms with E-state index in [9.17, 15) is 21.6 Å². The van der Waals surface area contributed by atoms with E-state index in [4.69, 9.17) is 0 Å². The van der Waals surface area contributed by atoms with E-state index in [0.29, 0.717) is 65.2 Å². The van der Waals surface area contributed by atoms with Crippen molar-refractivity contribution in [2.24, 2.45) is 5.92 Å². The minimum absolute atomic E-state index is 0.0251. The fourth-order valence-electron chi connectivity index (χ4n) is 3.22. The largest absolute Gasteiger partial charge is 0.355 e. The van der Waals surface area contributed by atoms with Gasteiger partial charge in [-0.3, -0.25) is 9.69 Å². The third kappa shape index (κ3) is 6.17. The molecule has 0 aromatic rings. The van der Waals surface area contributed by atoms with E-state index >= 15 is 0 Å². The van der Waals surface area contributed by atoms with Gasteiger partial charge in [0, 0.05) is 58.3 Å². The van der Waals surface area contributed by atoms with Gasteiger partial charge in [0.1, 0.15) is 0 Å². The van der Waals surface area contributed by atoms with Crippen LogP contribution in [0.3, 0.4) is 0 Å². The summed E-state index contributed by atoms with van der Waals surface area (Å²) < 4.78 is 48.8. The van der Waals surface area contributed by atoms with Gasteiger partial charge in [-0.25, -0.2) is 21.1 Å². The second-order valence-electron chi connectivity index (χ2n) is 6.73. The highest BCUT2D eigenvalue weighted by Crippen LogP contribution is 2.19. The number of piperidine rings is 1. The van der Waals surface area contributed by atoms with Crippen LogP contribution < -0.4 is 5.32 Å². The number of carbonyl (C=O) groups excluding carboxylic acids is 1. The molecule has 0 aromatic carbocycles. The minimum atomic E-state index is -3.17. The second-order valence-corrected chi connectivity index (χ2v) is 10.7. The lowest BCUT2D eigenvalue weighted by Gasteiger charge is -2.33. The minimum Gasteiger partial charge on any atom is -0.355 e. The van der Waals surface area contributed by atoms with Gasteiger partial charge < -0.3 is 5.32 Å². The van der Waals surface area contributed by atoms with Crippen molar-refractivity contribution < 1.29 is 21.6 Å². The molecule has 11 heteroatoms. The van der Waals surface area contributed by atoms with E-state index in [-0.39, 0.29) is 11.8 Å². The van der Waals surface area contributed by atoms with E-state index < -0.39 is 20.0 Å². The van der Waals surface area contributed by atoms with Crippen LogP contribution in [0.1, 0.15) is 12.8 Å². The Morgan fingerprint density at radius 2 is 1.36 bits per heavy atom. The number of hydrogen-bond acceptors (Lipinski definition) is 6. The van der Waals surface area contributed by atoms with Crippen LogP contribution in [0.2, 0.25) is 0 Å². The maximum atomic E-state index is 12.2. The van der Waals surface area contributed by atoms with Crippen LogP contribution >= 0.6 is 0 Å². The normalized spacial score (nSPS) is 22.8. The molecule has 0 saturated carbocycles. The van der Waals surface area contributed by atoms with Crippen molar-refractivity contribution >= 4 is 26.0 Å². The molecule has 0 aromatic heterocycles. The molecular formula is C14H28N4O5S2. The number of nitrogens with one attached hydrogen (secondary N) is 1. The highest BCUT2D eigenvalue weighted by molar-refractivity contribution is 7.88. The molecule has 9 nitrogen and oxygen atoms in total. The summed E-state index contributed by atoms with van der Waals surface area (Å²) in [6, 6.07) is 0. The van der Waals surface area contributed by atoms with Crippen LogP contribution in [-0.4, -0.2) is 101 Å². The van der Waals surface area contributed by atoms with Crippen molar-refractivity contribution in [1.29, 1.82) is 0 Å². The quantitative estimate of drug-likeness (QED) is 0.577. The first kappa shape index (κ1) is 20.6. The van der Waals surface area contributed by atoms with Gasteiger partial charge >= 0.3 is 0 Å². The Kier molecular flexibility index (Phi) is 6.82. The van der Waals surface area contributed by atoms with Gasteiger partial charge in [0.05, 0.1) is 12.5 Å². The second kappa shape index (κ2) is 8.30. The van der Waals surface area contributed by atoms with Crippen molar-refractivity contribution in [3.05, 3.63) is 0 Å². The van der Waals surface area contributed by atoms with Gasteiger partial charge in [0.2, 0.25) is 26.0 Å². The lowest BCUT2D eigenvalue weighted by atomic mass is 9.97. The Morgan fingerprint density at radius 1 is 0.880 bits per heavy atom. The van der Waals surface area contributed by atoms with Crippen molar-refractivity contribution in [3.63, 3.8) is 0 Å². The average Bonchev–Trinajstić information content (AvgIpc) is 2.54. The fourth-order valence-corrected chi connectivity index (χ4v) is 4.92. The van der Waals surface area contributed by atoms with Gasteiger partial charge in [-0.05, 0) is 12.8 Å². The van der Waals surface area contributed by atoms with Gasteiger partial charge in [0.25, 0.3) is 0 Å². The summed E-state index contributed by atoms with van der Waals surface area (Å²) in [6.07, 6.45) is 3.51. The Labute approximate surface area is 150 Å². The number of carbonyl (C=O) groups is 1. The lowest BCUT2D eigenvalue weighted by Crippen LogP contribution is -2.50. The molecule has 2 aliphatic rings. The highest BCUT2D eigenvalue weighted by atomic mass is 32.2. The summed E-state index contributed by atoms with van der Waals surface area (Å²) in [5.74, 6) is -0.164. The predicted octanol–water partition coefficient (Wildman–Crippen LogP) is -1.65. The molecule has 25 heavy (non-hydrogen) atoms. The summed E-state index contributed by atoms with van der Waals surface area (Å²) in [6.45, 7) is 4.28. The Bertz CT molecular complexity index is 663. The van der Waals surface area contributed by atoms with Crippen LogP contribution in [0.4, 0.5) is 0 Å². The van der Waals surface area contributed by atoms with Gasteiger partial charge in [-0.2, -0.15) is 4.31 Å². The summed E-state index contributed by atoms with van der Waals surface area (Å²) in [4.78, 5) is 14.3. The van der Waals surface area contributed by atoms with Crippen LogP contribution in [0, 0.1) is 5.92 Å². The molecule has 0 atom stereocenters. The molecule has 0 radical (unpaired) electrons. The van der Waals surface area contributed by atoms with E-state index in [1.165, 1.54) is 21.1 Å². The molecule has 2 rings (SSSR count). The van der Waals surface area contributed by atoms with Gasteiger partial charge in [0.15, 0.2) is 0 Å². The van der Waals surface area contributed by atoms with E-state index in [0.717, 1.165) is 0 Å². The molecule has 2 fully saturated rings. The number of amides is 1. The van der Waals surface area contributed by atoms with Gasteiger partial charge in [-0.15, -0.1) is 0 Å². The standard InChI is InChI=1S/C14H28N4O5S2/c1-24(20,21)17-6-3-13(4-7-17)14(19)15-5-8-16-9-11-18(12-10-16)25(2,22)23/h13H,3-12H2,1-2H3,(H,15,19). The first-order chi connectivity index (χ1) is 11.6. The zero-order chi connectivity index (χ0) is 18.7. The lowest BCUT2D eigenvalue weighted by molar-refractivity contribution is -0.126. The first-order valence-electron chi connectivity index (χ1n) is 8.47. The van der Waals surface area contributed by atoms with Crippen molar-refractivity contribution in [1.82, 2.24) is 18.8 Å². The van der Waals surface area contributed by atoms with Crippen LogP contribution in [0.25, 0.3) is 0 Å². The zero-order valence-corrected chi connectivity index (χ0v) is 16.5. The maximum absolute atomic E-state index is 12.2. The number of hydrogen-bond donors (Lipinski definition) is 1. The molecule has 1 N–H and O–H groups in total. The third-order valence-electron chi connectivity index (χ3n) is 4.82. The Balaban J connectivity index is 1.65. The maximum Gasteiger partial charge on any atom is 0.223 e. The van der Waals surface area contributed by atoms with Gasteiger partial charge in [-0.1, -0.05) is 0 Å². The zero-order valence-electron chi connectivity index (χ0n) is 14.8. The molecule has 2 heterocycles. The third-order valence-corrected chi connectivity index (χ3v) is 7.43. The number of piperazine rings is 1. The number of rotatable bonds is 6. The average molecular weight is 397 g/mol. The first-order valence-corrected chi connectivity index (χ1v) is 12.2. The summed E-state index contributed by atoms with van der Waals surface area (Å²) in [7, 11) is -6.30. The molecule has 1 amide bonds. The van der Waals surface area contributed by atoms with Crippen molar-refractivity contribution in [2.45, 2.75) is 12.8 Å². The number of sulfonamides is 2. The van der Waals surface area contributed by atoms with E-state index in [1.54, 1.807) is 0 Å². The van der Waals surface area contributed by atoms with E-state index in [1.807, 2.05) is 0 Å². The summed E-state index contributed by atoms with van der Waals surface area (Å²) in [5, 5.41) is 2.91. The number of nitrogens with zero attached hydrogens (tertiary/aromatic N) is 3. The molecule has 0 aliphatic carbocycles. The Morgan fingerprint density at radius 3 is 1.84 bits per heavy atom. The monoisotopic (exact) mass is 396 g/mol. The smallest absolute Gasteiger partial charge is 0.223 e. The van der Waals surface area contributed by atoms with Crippen LogP contribution in [0.15, 0.2) is 0 Å². The van der Waals surface area contributed by atoms with Crippen molar-refractivity contribution in [3.8, 4) is 0 Å². The SMILES string of the molecule is CS(=O)(=O)N1CCC(C(=O)NCCN2CCN(S(C)(=O)=O)CC2)CC1. The topological polar surface area (TPSA) is 107 Å². The highest BCUT2D eigenvalue weighted by Gasteiger charge is 2.29. The fraction of sp³-hybridized carbons (Fsp3) is 0.929. The molecular weight excluding hydrogens is 368 g/mol. The molecule has 146 valence electrons. The summed E-state index contributed by atoms with van der Waals surface area (Å²) in [5.41, 5.74) is 0. The van der Waals surface area contributed by atoms with Crippen LogP contribution in [0.5, 0.6) is 0 Å². The predicted molar refractivity (Wildman–Crippen MR) is 95.0 cm³/mol.